The second-order valence-corrected chi connectivity index (χ2v) is 5.15. The molecule has 2 nitrogen and oxygen atoms in total. The molecule has 2 rings (SSSR count). The van der Waals surface area contributed by atoms with E-state index in [2.05, 4.69) is 15.9 Å². The van der Waals surface area contributed by atoms with Gasteiger partial charge in [-0.2, -0.15) is 0 Å². The molecule has 0 aliphatic heterocycles. The molecule has 0 saturated carbocycles. The van der Waals surface area contributed by atoms with Gasteiger partial charge in [-0.1, -0.05) is 23.2 Å². The minimum Gasteiger partial charge on any atom is -0.454 e. The van der Waals surface area contributed by atoms with E-state index in [1.165, 1.54) is 18.2 Å². The van der Waals surface area contributed by atoms with Gasteiger partial charge in [-0.05, 0) is 34.1 Å². The van der Waals surface area contributed by atoms with Gasteiger partial charge in [0.1, 0.15) is 11.6 Å². The smallest absolute Gasteiger partial charge is 0.150 e. The first kappa shape index (κ1) is 13.5. The zero-order chi connectivity index (χ0) is 13.3. The van der Waals surface area contributed by atoms with Gasteiger partial charge in [0.05, 0.1) is 15.7 Å². The number of nitrogen functional groups attached to an aromatic ring is 1. The minimum absolute atomic E-state index is 0.185. The molecule has 0 amide bonds. The van der Waals surface area contributed by atoms with Crippen LogP contribution in [-0.4, -0.2) is 0 Å². The third-order valence-corrected chi connectivity index (χ3v) is 3.66. The van der Waals surface area contributed by atoms with Crippen LogP contribution in [0.4, 0.5) is 10.1 Å². The highest BCUT2D eigenvalue weighted by Crippen LogP contribution is 2.37. The summed E-state index contributed by atoms with van der Waals surface area (Å²) in [4.78, 5) is 0. The highest BCUT2D eigenvalue weighted by molar-refractivity contribution is 9.10. The van der Waals surface area contributed by atoms with Crippen molar-refractivity contribution in [1.82, 2.24) is 0 Å². The van der Waals surface area contributed by atoms with Crippen LogP contribution in [-0.2, 0) is 0 Å². The molecule has 6 heteroatoms. The maximum absolute atomic E-state index is 12.9. The van der Waals surface area contributed by atoms with E-state index in [9.17, 15) is 4.39 Å². The van der Waals surface area contributed by atoms with Gasteiger partial charge in [-0.3, -0.25) is 0 Å². The number of hydrogen-bond donors (Lipinski definition) is 1. The Morgan fingerprint density at radius 2 is 1.78 bits per heavy atom. The molecule has 0 atom stereocenters. The molecule has 2 aromatic rings. The summed E-state index contributed by atoms with van der Waals surface area (Å²) in [6.07, 6.45) is 0. The minimum atomic E-state index is -0.431. The van der Waals surface area contributed by atoms with Gasteiger partial charge in [0, 0.05) is 16.6 Å². The lowest BCUT2D eigenvalue weighted by Gasteiger charge is -2.10. The van der Waals surface area contributed by atoms with E-state index in [0.717, 1.165) is 0 Å². The average molecular weight is 351 g/mol. The lowest BCUT2D eigenvalue weighted by Crippen LogP contribution is -1.93. The summed E-state index contributed by atoms with van der Waals surface area (Å²) in [5.74, 6) is 0.236. The van der Waals surface area contributed by atoms with Crippen molar-refractivity contribution in [2.75, 3.05) is 5.73 Å². The summed E-state index contributed by atoms with van der Waals surface area (Å²) >= 11 is 15.2. The summed E-state index contributed by atoms with van der Waals surface area (Å²) < 4.78 is 19.1. The fourth-order valence-corrected chi connectivity index (χ4v) is 2.14. The number of halogens is 4. The zero-order valence-electron chi connectivity index (χ0n) is 8.88. The van der Waals surface area contributed by atoms with Crippen LogP contribution in [0.25, 0.3) is 0 Å². The standard InChI is InChI=1S/C12H7BrCl2FNO/c13-7-4-9(15)12(5-8(7)14)18-11-2-1-6(16)3-10(11)17/h1-5H,17H2. The molecule has 18 heavy (non-hydrogen) atoms. The fraction of sp³-hybridized carbons (Fsp3) is 0. The molecule has 0 saturated heterocycles. The third-order valence-electron chi connectivity index (χ3n) is 2.17. The number of nitrogens with two attached hydrogens (primary N) is 1. The highest BCUT2D eigenvalue weighted by atomic mass is 79.9. The zero-order valence-corrected chi connectivity index (χ0v) is 12.0. The maximum atomic E-state index is 12.9. The largest absolute Gasteiger partial charge is 0.454 e. The Kier molecular flexibility index (Phi) is 4.00. The Hall–Kier alpha value is -0.970. The molecule has 0 spiro atoms. The van der Waals surface area contributed by atoms with Crippen molar-refractivity contribution in [1.29, 1.82) is 0 Å². The first-order chi connectivity index (χ1) is 8.47. The molecule has 0 aromatic heterocycles. The van der Waals surface area contributed by atoms with Gasteiger partial charge in [0.15, 0.2) is 5.75 Å². The van der Waals surface area contributed by atoms with Crippen LogP contribution in [0.1, 0.15) is 0 Å². The first-order valence-electron chi connectivity index (χ1n) is 4.85. The second kappa shape index (κ2) is 5.34. The third kappa shape index (κ3) is 2.88. The lowest BCUT2D eigenvalue weighted by atomic mass is 10.3. The van der Waals surface area contributed by atoms with E-state index in [1.807, 2.05) is 0 Å². The Bertz CT molecular complexity index is 607. The van der Waals surface area contributed by atoms with Crippen LogP contribution < -0.4 is 10.5 Å². The van der Waals surface area contributed by atoms with Crippen LogP contribution in [0, 0.1) is 5.82 Å². The SMILES string of the molecule is Nc1cc(F)ccc1Oc1cc(Cl)c(Br)cc1Cl. The van der Waals surface area contributed by atoms with Crippen LogP contribution >= 0.6 is 39.1 Å². The summed E-state index contributed by atoms with van der Waals surface area (Å²) in [6, 6.07) is 7.01. The van der Waals surface area contributed by atoms with Gasteiger partial charge in [-0.15, -0.1) is 0 Å². The van der Waals surface area contributed by atoms with Crippen molar-refractivity contribution >= 4 is 44.8 Å². The average Bonchev–Trinajstić information content (AvgIpc) is 2.29. The monoisotopic (exact) mass is 349 g/mol. The second-order valence-electron chi connectivity index (χ2n) is 3.48. The van der Waals surface area contributed by atoms with E-state index in [-0.39, 0.29) is 5.69 Å². The van der Waals surface area contributed by atoms with Crippen LogP contribution in [0.3, 0.4) is 0 Å². The Morgan fingerprint density at radius 3 is 2.44 bits per heavy atom. The molecule has 2 aromatic carbocycles. The normalized spacial score (nSPS) is 10.4. The van der Waals surface area contributed by atoms with Crippen molar-refractivity contribution < 1.29 is 9.13 Å². The Balaban J connectivity index is 2.37. The van der Waals surface area contributed by atoms with E-state index >= 15 is 0 Å². The van der Waals surface area contributed by atoms with Gasteiger partial charge in [-0.25, -0.2) is 4.39 Å². The summed E-state index contributed by atoms with van der Waals surface area (Å²) in [7, 11) is 0. The van der Waals surface area contributed by atoms with Crippen molar-refractivity contribution in [3.63, 3.8) is 0 Å². The number of anilines is 1. The van der Waals surface area contributed by atoms with Crippen molar-refractivity contribution in [3.05, 3.63) is 50.7 Å². The first-order valence-corrected chi connectivity index (χ1v) is 6.39. The van der Waals surface area contributed by atoms with Crippen molar-refractivity contribution in [2.24, 2.45) is 0 Å². The Morgan fingerprint density at radius 1 is 1.06 bits per heavy atom. The maximum Gasteiger partial charge on any atom is 0.150 e. The van der Waals surface area contributed by atoms with Gasteiger partial charge in [0.25, 0.3) is 0 Å². The molecule has 0 aliphatic carbocycles. The number of hydrogen-bond acceptors (Lipinski definition) is 2. The predicted molar refractivity (Wildman–Crippen MR) is 75.0 cm³/mol. The highest BCUT2D eigenvalue weighted by Gasteiger charge is 2.10. The van der Waals surface area contributed by atoms with E-state index in [1.54, 1.807) is 12.1 Å². The van der Waals surface area contributed by atoms with Crippen molar-refractivity contribution in [2.45, 2.75) is 0 Å². The number of benzene rings is 2. The van der Waals surface area contributed by atoms with Crippen LogP contribution in [0.5, 0.6) is 11.5 Å². The van der Waals surface area contributed by atoms with Gasteiger partial charge in [0.2, 0.25) is 0 Å². The molecular weight excluding hydrogens is 344 g/mol. The molecule has 0 aliphatic rings. The van der Waals surface area contributed by atoms with Gasteiger partial charge >= 0.3 is 0 Å². The molecule has 0 fully saturated rings. The molecule has 0 unspecified atom stereocenters. The Labute approximate surface area is 122 Å². The van der Waals surface area contributed by atoms with Crippen LogP contribution in [0.15, 0.2) is 34.8 Å². The quantitative estimate of drug-likeness (QED) is 0.591. The molecule has 2 N–H and O–H groups in total. The lowest BCUT2D eigenvalue weighted by molar-refractivity contribution is 0.483. The van der Waals surface area contributed by atoms with E-state index < -0.39 is 5.82 Å². The predicted octanol–water partition coefficient (Wildman–Crippen LogP) is 5.27. The summed E-state index contributed by atoms with van der Waals surface area (Å²) in [5.41, 5.74) is 5.82. The fourth-order valence-electron chi connectivity index (χ4n) is 1.31. The molecule has 0 radical (unpaired) electrons. The molecule has 94 valence electrons. The summed E-state index contributed by atoms with van der Waals surface area (Å²) in [6.45, 7) is 0. The molecular formula is C12H7BrCl2FNO. The van der Waals surface area contributed by atoms with E-state index in [4.69, 9.17) is 33.7 Å². The van der Waals surface area contributed by atoms with E-state index in [0.29, 0.717) is 26.0 Å². The molecule has 0 heterocycles. The topological polar surface area (TPSA) is 35.2 Å². The van der Waals surface area contributed by atoms with Crippen LogP contribution in [0.2, 0.25) is 10.0 Å². The summed E-state index contributed by atoms with van der Waals surface area (Å²) in [5, 5.41) is 0.824. The van der Waals surface area contributed by atoms with Gasteiger partial charge < -0.3 is 10.5 Å². The number of rotatable bonds is 2. The molecule has 0 bridgehead atoms. The number of ether oxygens (including phenoxy) is 1. The van der Waals surface area contributed by atoms with Crippen molar-refractivity contribution in [3.8, 4) is 11.5 Å².